The van der Waals surface area contributed by atoms with Crippen LogP contribution >= 0.6 is 34.8 Å². The number of anilines is 1. The summed E-state index contributed by atoms with van der Waals surface area (Å²) in [5, 5.41) is 3.73. The van der Waals surface area contributed by atoms with Crippen molar-refractivity contribution >= 4 is 62.3 Å². The summed E-state index contributed by atoms with van der Waals surface area (Å²) in [6.45, 7) is 3.58. The standard InChI is InChI=1S/C24H30Cl3N3O5S/c1-5-11-28-24(32)20(6-2)29(14-16-7-9-18(26)19(27)12-16)23(31)15-30(36(4,33)34)21-13-17(25)8-10-22(21)35-3/h7-10,12-13,20H,5-6,11,14-15H2,1-4H3,(H,28,32)/t20-/m0/s1. The van der Waals surface area contributed by atoms with Crippen molar-refractivity contribution in [2.24, 2.45) is 0 Å². The molecule has 0 unspecified atom stereocenters. The van der Waals surface area contributed by atoms with Crippen LogP contribution < -0.4 is 14.4 Å². The van der Waals surface area contributed by atoms with Crippen LogP contribution in [0.4, 0.5) is 5.69 Å². The second-order valence-electron chi connectivity index (χ2n) is 8.07. The maximum Gasteiger partial charge on any atom is 0.244 e. The highest BCUT2D eigenvalue weighted by Crippen LogP contribution is 2.33. The van der Waals surface area contributed by atoms with Crippen LogP contribution in [-0.2, 0) is 26.2 Å². The number of sulfonamides is 1. The molecule has 0 heterocycles. The van der Waals surface area contributed by atoms with Gasteiger partial charge in [-0.25, -0.2) is 8.42 Å². The van der Waals surface area contributed by atoms with E-state index in [0.29, 0.717) is 28.6 Å². The summed E-state index contributed by atoms with van der Waals surface area (Å²) in [7, 11) is -2.55. The SMILES string of the molecule is CCCNC(=O)[C@H](CC)N(Cc1ccc(Cl)c(Cl)c1)C(=O)CN(c1cc(Cl)ccc1OC)S(C)(=O)=O. The Balaban J connectivity index is 2.52. The van der Waals surface area contributed by atoms with Crippen molar-refractivity contribution < 1.29 is 22.7 Å². The largest absolute Gasteiger partial charge is 0.495 e. The number of hydrogen-bond donors (Lipinski definition) is 1. The molecule has 0 radical (unpaired) electrons. The Morgan fingerprint density at radius 1 is 1.06 bits per heavy atom. The quantitative estimate of drug-likeness (QED) is 0.392. The third kappa shape index (κ3) is 7.90. The van der Waals surface area contributed by atoms with Crippen LogP contribution in [0.5, 0.6) is 5.75 Å². The topological polar surface area (TPSA) is 96.0 Å². The molecular weight excluding hydrogens is 549 g/mol. The summed E-state index contributed by atoms with van der Waals surface area (Å²) >= 11 is 18.3. The van der Waals surface area contributed by atoms with E-state index in [4.69, 9.17) is 39.5 Å². The molecule has 0 aliphatic carbocycles. The van der Waals surface area contributed by atoms with Crippen molar-refractivity contribution in [1.82, 2.24) is 10.2 Å². The predicted octanol–water partition coefficient (Wildman–Crippen LogP) is 4.76. The average molecular weight is 579 g/mol. The van der Waals surface area contributed by atoms with Gasteiger partial charge in [-0.3, -0.25) is 13.9 Å². The monoisotopic (exact) mass is 577 g/mol. The Kier molecular flexibility index (Phi) is 11.2. The molecule has 0 aliphatic rings. The van der Waals surface area contributed by atoms with Gasteiger partial charge in [0.25, 0.3) is 0 Å². The molecule has 2 rings (SSSR count). The van der Waals surface area contributed by atoms with Crippen molar-refractivity contribution in [1.29, 1.82) is 0 Å². The second kappa shape index (κ2) is 13.4. The molecule has 8 nitrogen and oxygen atoms in total. The van der Waals surface area contributed by atoms with Crippen molar-refractivity contribution in [2.45, 2.75) is 39.3 Å². The van der Waals surface area contributed by atoms with Crippen molar-refractivity contribution in [3.8, 4) is 5.75 Å². The number of carbonyl (C=O) groups excluding carboxylic acids is 2. The lowest BCUT2D eigenvalue weighted by Crippen LogP contribution is -2.52. The molecule has 1 atom stereocenters. The molecule has 36 heavy (non-hydrogen) atoms. The van der Waals surface area contributed by atoms with Gasteiger partial charge in [0.1, 0.15) is 18.3 Å². The maximum absolute atomic E-state index is 13.7. The highest BCUT2D eigenvalue weighted by Gasteiger charge is 2.32. The zero-order chi connectivity index (χ0) is 27.0. The summed E-state index contributed by atoms with van der Waals surface area (Å²) in [6.07, 6.45) is 2.01. The van der Waals surface area contributed by atoms with Gasteiger partial charge in [-0.15, -0.1) is 0 Å². The van der Waals surface area contributed by atoms with Gasteiger partial charge in [0.05, 0.1) is 29.1 Å². The molecule has 12 heteroatoms. The van der Waals surface area contributed by atoms with E-state index in [0.717, 1.165) is 17.0 Å². The van der Waals surface area contributed by atoms with Crippen LogP contribution in [0.3, 0.4) is 0 Å². The minimum atomic E-state index is -3.94. The fourth-order valence-electron chi connectivity index (χ4n) is 3.57. The maximum atomic E-state index is 13.7. The van der Waals surface area contributed by atoms with Gasteiger partial charge in [0.15, 0.2) is 0 Å². The summed E-state index contributed by atoms with van der Waals surface area (Å²) in [6, 6.07) is 8.52. The molecule has 0 aliphatic heterocycles. The first kappa shape index (κ1) is 30.0. The number of carbonyl (C=O) groups is 2. The molecule has 2 aromatic carbocycles. The second-order valence-corrected chi connectivity index (χ2v) is 11.2. The first-order valence-corrected chi connectivity index (χ1v) is 14.2. The number of ether oxygens (including phenoxy) is 1. The Morgan fingerprint density at radius 2 is 1.75 bits per heavy atom. The average Bonchev–Trinajstić information content (AvgIpc) is 2.82. The highest BCUT2D eigenvalue weighted by molar-refractivity contribution is 7.92. The zero-order valence-corrected chi connectivity index (χ0v) is 23.6. The summed E-state index contributed by atoms with van der Waals surface area (Å²) < 4.78 is 31.8. The van der Waals surface area contributed by atoms with Crippen LogP contribution in [0.2, 0.25) is 15.1 Å². The molecule has 198 valence electrons. The van der Waals surface area contributed by atoms with Gasteiger partial charge >= 0.3 is 0 Å². The Labute approximate surface area is 227 Å². The first-order chi connectivity index (χ1) is 16.9. The van der Waals surface area contributed by atoms with Gasteiger partial charge in [-0.1, -0.05) is 54.7 Å². The number of methoxy groups -OCH3 is 1. The molecule has 2 amide bonds. The smallest absolute Gasteiger partial charge is 0.244 e. The summed E-state index contributed by atoms with van der Waals surface area (Å²) in [5.41, 5.74) is 0.740. The van der Waals surface area contributed by atoms with Crippen molar-refractivity contribution in [3.05, 3.63) is 57.0 Å². The molecule has 2 aromatic rings. The number of benzene rings is 2. The van der Waals surface area contributed by atoms with Crippen LogP contribution in [-0.4, -0.2) is 57.6 Å². The highest BCUT2D eigenvalue weighted by atomic mass is 35.5. The molecule has 0 saturated carbocycles. The van der Waals surface area contributed by atoms with Gasteiger partial charge < -0.3 is 15.0 Å². The lowest BCUT2D eigenvalue weighted by Gasteiger charge is -2.33. The Bertz CT molecular complexity index is 1190. The Hall–Kier alpha value is -2.20. The lowest BCUT2D eigenvalue weighted by atomic mass is 10.1. The predicted molar refractivity (Wildman–Crippen MR) is 145 cm³/mol. The van der Waals surface area contributed by atoms with E-state index in [1.807, 2.05) is 6.92 Å². The normalized spacial score (nSPS) is 12.1. The third-order valence-corrected chi connectivity index (χ3v) is 7.46. The van der Waals surface area contributed by atoms with Crippen LogP contribution in [0, 0.1) is 0 Å². The fourth-order valence-corrected chi connectivity index (χ4v) is 4.90. The van der Waals surface area contributed by atoms with E-state index >= 15 is 0 Å². The van der Waals surface area contributed by atoms with Gasteiger partial charge in [0, 0.05) is 18.1 Å². The third-order valence-electron chi connectivity index (χ3n) is 5.36. The van der Waals surface area contributed by atoms with Gasteiger partial charge in [0.2, 0.25) is 21.8 Å². The van der Waals surface area contributed by atoms with Gasteiger partial charge in [-0.05, 0) is 48.7 Å². The minimum absolute atomic E-state index is 0.0120. The number of halogens is 3. The molecule has 0 fully saturated rings. The van der Waals surface area contributed by atoms with Gasteiger partial charge in [-0.2, -0.15) is 0 Å². The van der Waals surface area contributed by atoms with Crippen LogP contribution in [0.15, 0.2) is 36.4 Å². The van der Waals surface area contributed by atoms with Crippen LogP contribution in [0.25, 0.3) is 0 Å². The Morgan fingerprint density at radius 3 is 2.31 bits per heavy atom. The van der Waals surface area contributed by atoms with E-state index < -0.39 is 28.5 Å². The molecular formula is C24H30Cl3N3O5S. The minimum Gasteiger partial charge on any atom is -0.495 e. The van der Waals surface area contributed by atoms with E-state index in [-0.39, 0.29) is 28.9 Å². The fraction of sp³-hybridized carbons (Fsp3) is 0.417. The van der Waals surface area contributed by atoms with Crippen molar-refractivity contribution in [2.75, 3.05) is 30.8 Å². The number of rotatable bonds is 12. The molecule has 0 bridgehead atoms. The van der Waals surface area contributed by atoms with E-state index in [1.165, 1.54) is 24.1 Å². The number of nitrogens with one attached hydrogen (secondary N) is 1. The lowest BCUT2D eigenvalue weighted by molar-refractivity contribution is -0.140. The molecule has 0 aromatic heterocycles. The van der Waals surface area contributed by atoms with Crippen molar-refractivity contribution in [3.63, 3.8) is 0 Å². The first-order valence-electron chi connectivity index (χ1n) is 11.2. The summed E-state index contributed by atoms with van der Waals surface area (Å²) in [5.74, 6) is -0.701. The molecule has 0 saturated heterocycles. The number of amides is 2. The molecule has 0 spiro atoms. The molecule has 1 N–H and O–H groups in total. The van der Waals surface area contributed by atoms with Crippen LogP contribution in [0.1, 0.15) is 32.3 Å². The zero-order valence-electron chi connectivity index (χ0n) is 20.6. The summed E-state index contributed by atoms with van der Waals surface area (Å²) in [4.78, 5) is 28.0. The number of nitrogens with zero attached hydrogens (tertiary/aromatic N) is 2. The number of hydrogen-bond acceptors (Lipinski definition) is 5. The van der Waals surface area contributed by atoms with E-state index in [9.17, 15) is 18.0 Å². The van der Waals surface area contributed by atoms with E-state index in [2.05, 4.69) is 5.32 Å². The van der Waals surface area contributed by atoms with E-state index in [1.54, 1.807) is 31.2 Å².